The van der Waals surface area contributed by atoms with E-state index >= 15 is 0 Å². The Balaban J connectivity index is 1.79. The van der Waals surface area contributed by atoms with Crippen LogP contribution in [-0.4, -0.2) is 37.7 Å². The van der Waals surface area contributed by atoms with Gasteiger partial charge in [-0.15, -0.1) is 0 Å². The summed E-state index contributed by atoms with van der Waals surface area (Å²) in [4.78, 5) is 26.5. The molecule has 1 amide bonds. The molecule has 27 heavy (non-hydrogen) atoms. The lowest BCUT2D eigenvalue weighted by Crippen LogP contribution is -2.50. The zero-order chi connectivity index (χ0) is 19.4. The third-order valence-electron chi connectivity index (χ3n) is 4.50. The van der Waals surface area contributed by atoms with Gasteiger partial charge >= 0.3 is 5.97 Å². The van der Waals surface area contributed by atoms with Crippen molar-refractivity contribution in [3.05, 3.63) is 54.1 Å². The van der Waals surface area contributed by atoms with Gasteiger partial charge in [0.15, 0.2) is 6.10 Å². The van der Waals surface area contributed by atoms with Crippen molar-refractivity contribution in [2.75, 3.05) is 18.6 Å². The number of benzene rings is 2. The van der Waals surface area contributed by atoms with E-state index in [0.717, 1.165) is 6.42 Å². The molecule has 0 fully saturated rings. The molecule has 2 aromatic carbocycles. The van der Waals surface area contributed by atoms with E-state index in [1.807, 2.05) is 30.3 Å². The van der Waals surface area contributed by atoms with E-state index in [-0.39, 0.29) is 12.5 Å². The van der Waals surface area contributed by atoms with Crippen molar-refractivity contribution in [3.63, 3.8) is 0 Å². The molecule has 3 rings (SSSR count). The molecule has 2 aromatic rings. The first kappa shape index (κ1) is 18.8. The molecule has 0 saturated carbocycles. The lowest BCUT2D eigenvalue weighted by atomic mass is 10.1. The van der Waals surface area contributed by atoms with E-state index < -0.39 is 18.2 Å². The fraction of sp³-hybridized carbons (Fsp3) is 0.333. The molecule has 1 heterocycles. The Morgan fingerprint density at radius 1 is 1.19 bits per heavy atom. The molecule has 0 unspecified atom stereocenters. The van der Waals surface area contributed by atoms with E-state index in [9.17, 15) is 9.59 Å². The monoisotopic (exact) mass is 369 g/mol. The highest BCUT2D eigenvalue weighted by Gasteiger charge is 2.36. The molecule has 0 radical (unpaired) electrons. The summed E-state index contributed by atoms with van der Waals surface area (Å²) in [5.41, 5.74) is 1.81. The number of hydrogen-bond donors (Lipinski definition) is 0. The molecule has 6 heteroatoms. The Labute approximate surface area is 158 Å². The predicted octanol–water partition coefficient (Wildman–Crippen LogP) is 2.98. The molecule has 0 spiro atoms. The number of rotatable bonds is 5. The minimum absolute atomic E-state index is 0.0744. The second kappa shape index (κ2) is 8.12. The van der Waals surface area contributed by atoms with Gasteiger partial charge in [-0.3, -0.25) is 4.79 Å². The fourth-order valence-corrected chi connectivity index (χ4v) is 2.98. The largest absolute Gasteiger partial charge is 0.481 e. The molecule has 142 valence electrons. The Bertz CT molecular complexity index is 818. The molecule has 2 atom stereocenters. The quantitative estimate of drug-likeness (QED) is 0.758. The average Bonchev–Trinajstić information content (AvgIpc) is 2.72. The molecule has 6 nitrogen and oxygen atoms in total. The van der Waals surface area contributed by atoms with Crippen molar-refractivity contribution in [3.8, 4) is 11.5 Å². The third kappa shape index (κ3) is 4.05. The van der Waals surface area contributed by atoms with Crippen LogP contribution >= 0.6 is 0 Å². The van der Waals surface area contributed by atoms with E-state index in [4.69, 9.17) is 14.2 Å². The predicted molar refractivity (Wildman–Crippen MR) is 101 cm³/mol. The van der Waals surface area contributed by atoms with Crippen LogP contribution in [0.15, 0.2) is 48.5 Å². The van der Waals surface area contributed by atoms with E-state index in [1.54, 1.807) is 25.1 Å². The Morgan fingerprint density at radius 2 is 1.89 bits per heavy atom. The standard InChI is InChI=1S/C21H23NO5/c1-4-15-9-11-16(12-10-15)26-14(2)20(23)22-13-19(21(24)25-3)27-18-8-6-5-7-17(18)22/h5-12,14,19H,4,13H2,1-3H3/t14-,19+/m0/s1. The van der Waals surface area contributed by atoms with Crippen molar-refractivity contribution >= 4 is 17.6 Å². The lowest BCUT2D eigenvalue weighted by Gasteiger charge is -2.34. The molecule has 0 saturated heterocycles. The van der Waals surface area contributed by atoms with Crippen LogP contribution in [0.1, 0.15) is 19.4 Å². The summed E-state index contributed by atoms with van der Waals surface area (Å²) in [5.74, 6) is 0.316. The summed E-state index contributed by atoms with van der Waals surface area (Å²) in [6.07, 6.45) is -0.652. The van der Waals surface area contributed by atoms with Crippen molar-refractivity contribution in [1.29, 1.82) is 0 Å². The van der Waals surface area contributed by atoms with Crippen LogP contribution in [0.25, 0.3) is 0 Å². The lowest BCUT2D eigenvalue weighted by molar-refractivity contribution is -0.148. The number of esters is 1. The number of anilines is 1. The molecule has 1 aliphatic rings. The summed E-state index contributed by atoms with van der Waals surface area (Å²) in [6, 6.07) is 14.8. The number of fused-ring (bicyclic) bond motifs is 1. The van der Waals surface area contributed by atoms with Crippen molar-refractivity contribution in [2.45, 2.75) is 32.5 Å². The second-order valence-electron chi connectivity index (χ2n) is 6.30. The van der Waals surface area contributed by atoms with E-state index in [0.29, 0.717) is 17.2 Å². The minimum atomic E-state index is -0.870. The fourth-order valence-electron chi connectivity index (χ4n) is 2.98. The third-order valence-corrected chi connectivity index (χ3v) is 4.50. The van der Waals surface area contributed by atoms with Crippen LogP contribution in [0.4, 0.5) is 5.69 Å². The maximum Gasteiger partial charge on any atom is 0.348 e. The van der Waals surface area contributed by atoms with Crippen molar-refractivity contribution < 1.29 is 23.8 Å². The summed E-state index contributed by atoms with van der Waals surface area (Å²) in [6.45, 7) is 3.85. The van der Waals surface area contributed by atoms with Crippen LogP contribution in [0.3, 0.4) is 0 Å². The summed E-state index contributed by atoms with van der Waals surface area (Å²) < 4.78 is 16.3. The number of carbonyl (C=O) groups is 2. The molecule has 0 aliphatic carbocycles. The molecular formula is C21H23NO5. The summed E-state index contributed by atoms with van der Waals surface area (Å²) >= 11 is 0. The number of ether oxygens (including phenoxy) is 3. The zero-order valence-electron chi connectivity index (χ0n) is 15.7. The number of amides is 1. The smallest absolute Gasteiger partial charge is 0.348 e. The van der Waals surface area contributed by atoms with Crippen LogP contribution in [-0.2, 0) is 20.7 Å². The summed E-state index contributed by atoms with van der Waals surface area (Å²) in [5, 5.41) is 0. The highest BCUT2D eigenvalue weighted by atomic mass is 16.6. The molecule has 0 aromatic heterocycles. The van der Waals surface area contributed by atoms with Gasteiger partial charge in [-0.25, -0.2) is 4.79 Å². The average molecular weight is 369 g/mol. The van der Waals surface area contributed by atoms with Crippen LogP contribution < -0.4 is 14.4 Å². The molecule has 0 bridgehead atoms. The second-order valence-corrected chi connectivity index (χ2v) is 6.30. The zero-order valence-corrected chi connectivity index (χ0v) is 15.7. The first-order valence-corrected chi connectivity index (χ1v) is 8.94. The molecule has 0 N–H and O–H groups in total. The number of carbonyl (C=O) groups excluding carboxylic acids is 2. The van der Waals surface area contributed by atoms with Gasteiger partial charge in [0.25, 0.3) is 5.91 Å². The minimum Gasteiger partial charge on any atom is -0.481 e. The van der Waals surface area contributed by atoms with Gasteiger partial charge in [-0.05, 0) is 43.2 Å². The van der Waals surface area contributed by atoms with Gasteiger partial charge in [0.2, 0.25) is 6.10 Å². The number of hydrogen-bond acceptors (Lipinski definition) is 5. The maximum absolute atomic E-state index is 13.0. The van der Waals surface area contributed by atoms with Gasteiger partial charge in [-0.1, -0.05) is 31.2 Å². The Hall–Kier alpha value is -3.02. The SMILES string of the molecule is CCc1ccc(O[C@@H](C)C(=O)N2C[C@H](C(=O)OC)Oc3ccccc32)cc1. The van der Waals surface area contributed by atoms with Crippen LogP contribution in [0, 0.1) is 0 Å². The Kier molecular flexibility index (Phi) is 5.64. The normalized spacial score (nSPS) is 16.7. The molecular weight excluding hydrogens is 346 g/mol. The first-order chi connectivity index (χ1) is 13.0. The van der Waals surface area contributed by atoms with Gasteiger partial charge in [-0.2, -0.15) is 0 Å². The van der Waals surface area contributed by atoms with Crippen LogP contribution in [0.2, 0.25) is 0 Å². The van der Waals surface area contributed by atoms with Crippen LogP contribution in [0.5, 0.6) is 11.5 Å². The van der Waals surface area contributed by atoms with E-state index in [1.165, 1.54) is 17.6 Å². The van der Waals surface area contributed by atoms with Crippen molar-refractivity contribution in [2.24, 2.45) is 0 Å². The maximum atomic E-state index is 13.0. The Morgan fingerprint density at radius 3 is 2.56 bits per heavy atom. The van der Waals surface area contributed by atoms with E-state index in [2.05, 4.69) is 6.92 Å². The van der Waals surface area contributed by atoms with Gasteiger partial charge in [0.1, 0.15) is 11.5 Å². The van der Waals surface area contributed by atoms with Gasteiger partial charge < -0.3 is 19.1 Å². The topological polar surface area (TPSA) is 65.1 Å². The molecule has 1 aliphatic heterocycles. The number of nitrogens with zero attached hydrogens (tertiary/aromatic N) is 1. The van der Waals surface area contributed by atoms with Gasteiger partial charge in [0, 0.05) is 0 Å². The number of aryl methyl sites for hydroxylation is 1. The first-order valence-electron chi connectivity index (χ1n) is 8.94. The number of para-hydroxylation sites is 2. The van der Waals surface area contributed by atoms with Crippen molar-refractivity contribution in [1.82, 2.24) is 0 Å². The summed E-state index contributed by atoms with van der Waals surface area (Å²) in [7, 11) is 1.30. The highest BCUT2D eigenvalue weighted by molar-refractivity contribution is 5.99. The number of methoxy groups -OCH3 is 1. The highest BCUT2D eigenvalue weighted by Crippen LogP contribution is 2.34. The van der Waals surface area contributed by atoms with Gasteiger partial charge in [0.05, 0.1) is 19.3 Å².